The van der Waals surface area contributed by atoms with Gasteiger partial charge in [-0.15, -0.1) is 0 Å². The molecule has 0 saturated carbocycles. The third-order valence-corrected chi connectivity index (χ3v) is 10.2. The van der Waals surface area contributed by atoms with Gasteiger partial charge in [0.25, 0.3) is 0 Å². The van der Waals surface area contributed by atoms with E-state index in [4.69, 9.17) is 14.7 Å². The molecule has 2 fully saturated rings. The van der Waals surface area contributed by atoms with Gasteiger partial charge in [-0.25, -0.2) is 0 Å². The molecule has 16 nitrogen and oxygen atoms in total. The number of rotatable bonds is 15. The van der Waals surface area contributed by atoms with E-state index < -0.39 is 45.8 Å². The number of ether oxygens (including phenoxy) is 2. The zero-order valence-electron chi connectivity index (χ0n) is 32.3. The number of carbonyl (C=O) groups is 6. The van der Waals surface area contributed by atoms with Crippen molar-refractivity contribution < 1.29 is 58.7 Å². The van der Waals surface area contributed by atoms with Crippen LogP contribution < -0.4 is 15.1 Å². The minimum absolute atomic E-state index is 0.124. The van der Waals surface area contributed by atoms with Gasteiger partial charge in [0.1, 0.15) is 0 Å². The molecule has 0 radical (unpaired) electrons. The van der Waals surface area contributed by atoms with Crippen LogP contribution in [0.25, 0.3) is 0 Å². The van der Waals surface area contributed by atoms with Crippen molar-refractivity contribution in [3.05, 3.63) is 102 Å². The Hall–Kier alpha value is -5.99. The van der Waals surface area contributed by atoms with E-state index >= 15 is 0 Å². The van der Waals surface area contributed by atoms with Crippen molar-refractivity contribution in [2.75, 3.05) is 63.9 Å². The van der Waals surface area contributed by atoms with Crippen LogP contribution in [0, 0.1) is 17.2 Å². The second kappa shape index (κ2) is 20.4. The van der Waals surface area contributed by atoms with Crippen LogP contribution in [0.4, 0.5) is 5.69 Å². The van der Waals surface area contributed by atoms with Gasteiger partial charge in [-0.2, -0.15) is 5.26 Å². The van der Waals surface area contributed by atoms with Crippen molar-refractivity contribution in [2.24, 2.45) is 5.92 Å². The monoisotopic (exact) mass is 798 g/mol. The van der Waals surface area contributed by atoms with E-state index in [1.165, 1.54) is 36.4 Å². The fraction of sp³-hybridized carbons (Fsp3) is 0.405. The third kappa shape index (κ3) is 10.3. The summed E-state index contributed by atoms with van der Waals surface area (Å²) in [5.41, 5.74) is -7.36. The summed E-state index contributed by atoms with van der Waals surface area (Å²) in [6.07, 6.45) is 1.29. The molecule has 16 heteroatoms. The summed E-state index contributed by atoms with van der Waals surface area (Å²) in [6, 6.07) is 22.6. The number of hydrogen-bond acceptors (Lipinski definition) is 16. The number of aliphatic hydroxyl groups is 2. The first kappa shape index (κ1) is 44.7. The average Bonchev–Trinajstić information content (AvgIpc) is 3.23. The lowest BCUT2D eigenvalue weighted by molar-refractivity contribution is -0.346. The van der Waals surface area contributed by atoms with Crippen molar-refractivity contribution in [2.45, 2.75) is 43.9 Å². The maximum atomic E-state index is 12.5. The largest absolute Gasteiger partial charge is 0.546 e. The molecule has 0 amide bonds. The number of carbonyl (C=O) groups excluding carboxylic acids is 6. The number of carboxylic acid groups (broad SMARTS) is 2. The lowest BCUT2D eigenvalue weighted by Gasteiger charge is -2.46. The highest BCUT2D eigenvalue weighted by molar-refractivity contribution is 6.27. The van der Waals surface area contributed by atoms with Crippen molar-refractivity contribution in [3.8, 4) is 6.07 Å². The maximum Gasteiger partial charge on any atom is 0.320 e. The highest BCUT2D eigenvalue weighted by atomic mass is 16.5. The quantitative estimate of drug-likeness (QED) is 0.113. The molecule has 3 aromatic rings. The number of carboxylic acids is 2. The van der Waals surface area contributed by atoms with E-state index in [0.29, 0.717) is 37.8 Å². The minimum atomic E-state index is -4.12. The Balaban J connectivity index is 0.000000262. The number of nitrogens with zero attached hydrogens (tertiary/aromatic N) is 4. The van der Waals surface area contributed by atoms with Crippen molar-refractivity contribution in [3.63, 3.8) is 0 Å². The Morgan fingerprint density at radius 3 is 1.66 bits per heavy atom. The van der Waals surface area contributed by atoms with Gasteiger partial charge in [-0.1, -0.05) is 60.7 Å². The lowest BCUT2D eigenvalue weighted by Crippen LogP contribution is -2.76. The van der Waals surface area contributed by atoms with Crippen LogP contribution in [0.15, 0.2) is 84.9 Å². The van der Waals surface area contributed by atoms with Gasteiger partial charge in [0.05, 0.1) is 49.8 Å². The molecule has 2 aliphatic rings. The molecule has 2 aliphatic heterocycles. The Kier molecular flexibility index (Phi) is 15.8. The Morgan fingerprint density at radius 2 is 1.21 bits per heavy atom. The molecule has 2 heterocycles. The number of esters is 2. The van der Waals surface area contributed by atoms with E-state index in [0.717, 1.165) is 69.1 Å². The summed E-state index contributed by atoms with van der Waals surface area (Å²) in [7, 11) is 0. The molecular weight excluding hydrogens is 752 g/mol. The van der Waals surface area contributed by atoms with Crippen molar-refractivity contribution in [1.29, 1.82) is 5.26 Å². The smallest absolute Gasteiger partial charge is 0.320 e. The standard InChI is InChI=1S/C24H34N4O4.C18H14O8/c1-3-31-23(29)15-20-17-26(18-24(30)32-4-2)10-9-22(20)28-13-11-27(12-14-28)21-7-5-19(16-25)6-8-21;19-13(11-7-3-1-4-8-11)17(25,15(21)22)18(26,16(23)24)14(20)12-9-5-2-6-10-12/h5-8,20,22H,3-4,9-15,17-18H2,1-2H3;1-10,25-26H,(H,21,22)(H,23,24)/p-2/t20-,22+;17-,18-/m11/s1. The highest BCUT2D eigenvalue weighted by Crippen LogP contribution is 2.31. The van der Waals surface area contributed by atoms with E-state index in [1.54, 1.807) is 0 Å². The molecule has 0 bridgehead atoms. The molecule has 308 valence electrons. The number of nitriles is 1. The summed E-state index contributed by atoms with van der Waals surface area (Å²) in [4.78, 5) is 79.3. The molecule has 58 heavy (non-hydrogen) atoms. The highest BCUT2D eigenvalue weighted by Gasteiger charge is 2.62. The molecule has 0 aromatic heterocycles. The van der Waals surface area contributed by atoms with Crippen LogP contribution >= 0.6 is 0 Å². The van der Waals surface area contributed by atoms with E-state index in [-0.39, 0.29) is 24.4 Å². The number of piperidine rings is 1. The summed E-state index contributed by atoms with van der Waals surface area (Å²) in [5.74, 6) is -9.07. The first-order valence-corrected chi connectivity index (χ1v) is 18.8. The molecular formula is C42H46N4O12-2. The van der Waals surface area contributed by atoms with E-state index in [9.17, 15) is 49.2 Å². The normalized spacial score (nSPS) is 19.1. The number of likely N-dealkylation sites (tertiary alicyclic amines) is 1. The topological polar surface area (TPSA) is 241 Å². The molecule has 4 atom stereocenters. The van der Waals surface area contributed by atoms with Crippen LogP contribution in [-0.4, -0.2) is 132 Å². The second-order valence-electron chi connectivity index (χ2n) is 13.7. The second-order valence-corrected chi connectivity index (χ2v) is 13.7. The predicted molar refractivity (Wildman–Crippen MR) is 203 cm³/mol. The minimum Gasteiger partial charge on any atom is -0.546 e. The van der Waals surface area contributed by atoms with Gasteiger partial charge >= 0.3 is 11.9 Å². The van der Waals surface area contributed by atoms with Crippen LogP contribution in [0.1, 0.15) is 53.0 Å². The van der Waals surface area contributed by atoms with Gasteiger partial charge in [0, 0.05) is 62.1 Å². The summed E-state index contributed by atoms with van der Waals surface area (Å²) in [5, 5.41) is 52.9. The number of ketones is 2. The lowest BCUT2D eigenvalue weighted by atomic mass is 9.73. The number of Topliss-reactive ketones (excluding diaryl/α,β-unsaturated/α-hetero) is 2. The third-order valence-electron chi connectivity index (χ3n) is 10.2. The maximum absolute atomic E-state index is 12.5. The number of anilines is 1. The van der Waals surface area contributed by atoms with Crippen LogP contribution in [0.5, 0.6) is 0 Å². The summed E-state index contributed by atoms with van der Waals surface area (Å²) >= 11 is 0. The fourth-order valence-electron chi connectivity index (χ4n) is 7.21. The molecule has 0 aliphatic carbocycles. The zero-order valence-corrected chi connectivity index (χ0v) is 32.3. The van der Waals surface area contributed by atoms with E-state index in [2.05, 4.69) is 20.8 Å². The van der Waals surface area contributed by atoms with Crippen LogP contribution in [-0.2, 0) is 28.7 Å². The van der Waals surface area contributed by atoms with Gasteiger partial charge in [0.15, 0.2) is 0 Å². The molecule has 2 N–H and O–H groups in total. The first-order chi connectivity index (χ1) is 27.7. The SMILES string of the molecule is CCOC(=O)C[C@@H]1CN(CC(=O)OCC)CC[C@@H]1N1CCN(c2ccc(C#N)cc2)CC1.O=C([O-])[C@](O)(C(=O)c1ccccc1)[C@](O)(C(=O)[O-])C(=O)c1ccccc1. The average molecular weight is 799 g/mol. The fourth-order valence-corrected chi connectivity index (χ4v) is 7.21. The predicted octanol–water partition coefficient (Wildman–Crippen LogP) is -0.399. The zero-order chi connectivity index (χ0) is 42.5. The van der Waals surface area contributed by atoms with Gasteiger partial charge in [-0.3, -0.25) is 29.0 Å². The first-order valence-electron chi connectivity index (χ1n) is 18.8. The van der Waals surface area contributed by atoms with Gasteiger partial charge < -0.3 is 44.4 Å². The number of aliphatic carboxylic acids is 2. The van der Waals surface area contributed by atoms with Crippen molar-refractivity contribution in [1.82, 2.24) is 9.80 Å². The Morgan fingerprint density at radius 1 is 0.724 bits per heavy atom. The van der Waals surface area contributed by atoms with Crippen LogP contribution in [0.2, 0.25) is 0 Å². The number of benzene rings is 3. The summed E-state index contributed by atoms with van der Waals surface area (Å²) < 4.78 is 10.3. The molecule has 5 rings (SSSR count). The number of piperazine rings is 1. The molecule has 2 saturated heterocycles. The number of hydrogen-bond donors (Lipinski definition) is 2. The summed E-state index contributed by atoms with van der Waals surface area (Å²) in [6.45, 7) is 9.82. The van der Waals surface area contributed by atoms with Crippen LogP contribution in [0.3, 0.4) is 0 Å². The Labute approximate surface area is 335 Å². The Bertz CT molecular complexity index is 1870. The van der Waals surface area contributed by atoms with E-state index in [1.807, 2.05) is 38.1 Å². The van der Waals surface area contributed by atoms with Crippen molar-refractivity contribution >= 4 is 41.1 Å². The molecule has 3 aromatic carbocycles. The molecule has 0 spiro atoms. The van der Waals surface area contributed by atoms with Gasteiger partial charge in [-0.05, 0) is 50.5 Å². The van der Waals surface area contributed by atoms with Gasteiger partial charge in [0.2, 0.25) is 22.8 Å². The molecule has 0 unspecified atom stereocenters.